The van der Waals surface area contributed by atoms with Gasteiger partial charge in [-0.2, -0.15) is 4.98 Å². The van der Waals surface area contributed by atoms with Crippen LogP contribution in [0.4, 0.5) is 5.95 Å². The Hall–Kier alpha value is -1.78. The largest absolute Gasteiger partial charge is 0.472 e. The molecule has 2 aromatic heterocycles. The van der Waals surface area contributed by atoms with Crippen LogP contribution in [0.2, 0.25) is 0 Å². The summed E-state index contributed by atoms with van der Waals surface area (Å²) in [5.74, 6) is -0.0358. The molecule has 1 aliphatic rings. The summed E-state index contributed by atoms with van der Waals surface area (Å²) in [6.07, 6.45) is 0.631. The summed E-state index contributed by atoms with van der Waals surface area (Å²) in [4.78, 5) is 31.8. The number of hydrogen-bond acceptors (Lipinski definition) is 8. The van der Waals surface area contributed by atoms with Crippen LogP contribution in [0.25, 0.3) is 11.2 Å². The van der Waals surface area contributed by atoms with E-state index in [1.54, 1.807) is 4.57 Å². The highest BCUT2D eigenvalue weighted by Crippen LogP contribution is 2.48. The van der Waals surface area contributed by atoms with Gasteiger partial charge >= 0.3 is 7.82 Å². The molecule has 0 bridgehead atoms. The lowest BCUT2D eigenvalue weighted by atomic mass is 10.1. The quantitative estimate of drug-likeness (QED) is 0.648. The minimum Gasteiger partial charge on any atom is -0.369 e. The molecule has 1 aliphatic heterocycles. The van der Waals surface area contributed by atoms with E-state index in [4.69, 9.17) is 15.0 Å². The van der Waals surface area contributed by atoms with Gasteiger partial charge in [0.1, 0.15) is 6.23 Å². The second-order valence-electron chi connectivity index (χ2n) is 5.34. The number of ether oxygens (including phenoxy) is 1. The number of anilines is 1. The van der Waals surface area contributed by atoms with Gasteiger partial charge in [0.25, 0.3) is 5.56 Å². The van der Waals surface area contributed by atoms with E-state index in [-0.39, 0.29) is 23.5 Å². The van der Waals surface area contributed by atoms with Crippen LogP contribution >= 0.6 is 7.82 Å². The molecule has 0 aromatic carbocycles. The third-order valence-corrected chi connectivity index (χ3v) is 4.84. The number of rotatable bonds is 5. The van der Waals surface area contributed by atoms with E-state index >= 15 is 0 Å². The van der Waals surface area contributed by atoms with Gasteiger partial charge in [-0.1, -0.05) is 6.92 Å². The first-order valence-corrected chi connectivity index (χ1v) is 8.79. The number of hydrogen-bond donors (Lipinski definition) is 3. The zero-order valence-corrected chi connectivity index (χ0v) is 14.0. The third kappa shape index (κ3) is 3.08. The molecule has 0 amide bonds. The molecule has 2 aromatic rings. The lowest BCUT2D eigenvalue weighted by Crippen LogP contribution is -2.22. The van der Waals surface area contributed by atoms with E-state index < -0.39 is 31.8 Å². The number of imidazole rings is 1. The van der Waals surface area contributed by atoms with Crippen molar-refractivity contribution in [3.8, 4) is 0 Å². The molecular weight excluding hydrogens is 341 g/mol. The summed E-state index contributed by atoms with van der Waals surface area (Å²) in [6, 6.07) is 0. The van der Waals surface area contributed by atoms with Crippen LogP contribution in [0.15, 0.2) is 11.1 Å². The average Bonchev–Trinajstić information content (AvgIpc) is 3.10. The summed E-state index contributed by atoms with van der Waals surface area (Å²) in [5.41, 5.74) is 5.53. The second kappa shape index (κ2) is 6.26. The number of phosphoric ester groups is 1. The highest BCUT2D eigenvalue weighted by Gasteiger charge is 2.40. The maximum Gasteiger partial charge on any atom is 0.472 e. The van der Waals surface area contributed by atoms with Crippen molar-refractivity contribution in [2.45, 2.75) is 38.2 Å². The van der Waals surface area contributed by atoms with Crippen molar-refractivity contribution in [2.24, 2.45) is 0 Å². The zero-order valence-electron chi connectivity index (χ0n) is 13.1. The Bertz CT molecular complexity index is 850. The van der Waals surface area contributed by atoms with Crippen molar-refractivity contribution in [3.05, 3.63) is 16.7 Å². The Kier molecular flexibility index (Phi) is 4.45. The highest BCUT2D eigenvalue weighted by atomic mass is 31.2. The van der Waals surface area contributed by atoms with Crippen LogP contribution in [0.3, 0.4) is 0 Å². The highest BCUT2D eigenvalue weighted by molar-refractivity contribution is 7.47. The molecule has 24 heavy (non-hydrogen) atoms. The summed E-state index contributed by atoms with van der Waals surface area (Å²) in [6.45, 7) is 1.87. The molecule has 11 nitrogen and oxygen atoms in total. The van der Waals surface area contributed by atoms with Crippen molar-refractivity contribution in [1.82, 2.24) is 19.5 Å². The van der Waals surface area contributed by atoms with Crippen molar-refractivity contribution in [1.29, 1.82) is 0 Å². The number of nitrogens with two attached hydrogens (primary N) is 1. The first-order valence-electron chi connectivity index (χ1n) is 7.29. The first kappa shape index (κ1) is 17.1. The van der Waals surface area contributed by atoms with Gasteiger partial charge in [-0.25, -0.2) is 9.55 Å². The molecule has 4 N–H and O–H groups in total. The van der Waals surface area contributed by atoms with Gasteiger partial charge < -0.3 is 15.4 Å². The smallest absolute Gasteiger partial charge is 0.369 e. The lowest BCUT2D eigenvalue weighted by Gasteiger charge is -2.18. The summed E-state index contributed by atoms with van der Waals surface area (Å²) >= 11 is 0. The van der Waals surface area contributed by atoms with Crippen molar-refractivity contribution in [3.63, 3.8) is 0 Å². The standard InChI is InChI=1S/C12H18N5O6P/c1-3-6-7(23-24(19,20)21-2)4-8(22-6)17-5-14-9-10(17)15-12(13)16-11(9)18/h5-8H,3-4H2,1-2H3,(H,19,20)(H3,13,15,16,18)/t6-,7+,8-/m0/s1. The molecule has 0 radical (unpaired) electrons. The van der Waals surface area contributed by atoms with Gasteiger partial charge in [-0.15, -0.1) is 0 Å². The van der Waals surface area contributed by atoms with Gasteiger partial charge in [0.2, 0.25) is 5.95 Å². The van der Waals surface area contributed by atoms with Crippen LogP contribution in [-0.2, 0) is 18.3 Å². The Labute approximate surface area is 136 Å². The zero-order chi connectivity index (χ0) is 17.5. The van der Waals surface area contributed by atoms with Crippen molar-refractivity contribution >= 4 is 24.9 Å². The van der Waals surface area contributed by atoms with E-state index in [1.807, 2.05) is 6.92 Å². The maximum absolute atomic E-state index is 11.8. The molecule has 0 saturated carbocycles. The number of fused-ring (bicyclic) bond motifs is 1. The van der Waals surface area contributed by atoms with E-state index in [0.717, 1.165) is 7.11 Å². The Morgan fingerprint density at radius 3 is 3.04 bits per heavy atom. The fourth-order valence-electron chi connectivity index (χ4n) is 2.71. The van der Waals surface area contributed by atoms with Gasteiger partial charge in [-0.3, -0.25) is 23.4 Å². The molecular formula is C12H18N5O6P. The van der Waals surface area contributed by atoms with Crippen molar-refractivity contribution < 1.29 is 23.2 Å². The van der Waals surface area contributed by atoms with Crippen LogP contribution in [-0.4, -0.2) is 43.7 Å². The molecule has 1 fully saturated rings. The van der Waals surface area contributed by atoms with Gasteiger partial charge in [0.05, 0.1) is 18.5 Å². The number of aromatic nitrogens is 4. The van der Waals surface area contributed by atoms with E-state index in [2.05, 4.69) is 19.5 Å². The summed E-state index contributed by atoms with van der Waals surface area (Å²) < 4.78 is 28.7. The number of phosphoric acid groups is 1. The van der Waals surface area contributed by atoms with E-state index in [9.17, 15) is 14.3 Å². The predicted molar refractivity (Wildman–Crippen MR) is 83.1 cm³/mol. The monoisotopic (exact) mass is 359 g/mol. The van der Waals surface area contributed by atoms with Crippen molar-refractivity contribution in [2.75, 3.05) is 12.8 Å². The molecule has 12 heteroatoms. The molecule has 1 unspecified atom stereocenters. The molecule has 0 aliphatic carbocycles. The second-order valence-corrected chi connectivity index (χ2v) is 6.86. The minimum atomic E-state index is -4.14. The molecule has 132 valence electrons. The SMILES string of the molecule is CC[C@@H]1O[C@H](n2cnc3c(=O)[nH]c(N)nc32)C[C@H]1OP(=O)(O)OC. The number of nitrogens with one attached hydrogen (secondary N) is 1. The molecule has 0 spiro atoms. The Morgan fingerprint density at radius 2 is 2.38 bits per heavy atom. The lowest BCUT2D eigenvalue weighted by molar-refractivity contribution is -0.0189. The Balaban J connectivity index is 1.91. The van der Waals surface area contributed by atoms with Crippen LogP contribution < -0.4 is 11.3 Å². The predicted octanol–water partition coefficient (Wildman–Crippen LogP) is 0.531. The number of H-pyrrole nitrogens is 1. The van der Waals surface area contributed by atoms with Crippen LogP contribution in [0.5, 0.6) is 0 Å². The number of nitrogen functional groups attached to an aromatic ring is 1. The molecule has 3 rings (SSSR count). The van der Waals surface area contributed by atoms with Crippen LogP contribution in [0.1, 0.15) is 26.0 Å². The van der Waals surface area contributed by atoms with E-state index in [0.29, 0.717) is 6.42 Å². The third-order valence-electron chi connectivity index (χ3n) is 3.84. The fourth-order valence-corrected chi connectivity index (χ4v) is 3.36. The van der Waals surface area contributed by atoms with Gasteiger partial charge in [0, 0.05) is 13.5 Å². The topological polar surface area (TPSA) is 155 Å². The first-order chi connectivity index (χ1) is 11.3. The average molecular weight is 359 g/mol. The maximum atomic E-state index is 11.8. The summed E-state index contributed by atoms with van der Waals surface area (Å²) in [5, 5.41) is 0. The fraction of sp³-hybridized carbons (Fsp3) is 0.583. The summed E-state index contributed by atoms with van der Waals surface area (Å²) in [7, 11) is -3.04. The molecule has 3 heterocycles. The van der Waals surface area contributed by atoms with Crippen LogP contribution in [0, 0.1) is 0 Å². The normalized spacial score (nSPS) is 26.7. The minimum absolute atomic E-state index is 0.0358. The molecule has 4 atom stereocenters. The molecule has 1 saturated heterocycles. The van der Waals surface area contributed by atoms with Gasteiger partial charge in [0.15, 0.2) is 11.2 Å². The number of nitrogens with zero attached hydrogens (tertiary/aromatic N) is 3. The Morgan fingerprint density at radius 1 is 1.62 bits per heavy atom. The van der Waals surface area contributed by atoms with E-state index in [1.165, 1.54) is 6.33 Å². The number of aromatic amines is 1. The van der Waals surface area contributed by atoms with Gasteiger partial charge in [-0.05, 0) is 6.42 Å².